The van der Waals surface area contributed by atoms with Crippen LogP contribution in [0.3, 0.4) is 0 Å². The van der Waals surface area contributed by atoms with Gasteiger partial charge < -0.3 is 14.1 Å². The van der Waals surface area contributed by atoms with Gasteiger partial charge in [-0.25, -0.2) is 13.1 Å². The predicted octanol–water partition coefficient (Wildman–Crippen LogP) is 2.11. The SMILES string of the molecule is COc1ccc(-c2ccc(C(=O)N3CCC(NS(C)(=O)=O)CC3)o2)cc1. The van der Waals surface area contributed by atoms with Gasteiger partial charge in [-0.15, -0.1) is 0 Å². The lowest BCUT2D eigenvalue weighted by atomic mass is 10.1. The van der Waals surface area contributed by atoms with Gasteiger partial charge in [0.1, 0.15) is 11.5 Å². The second kappa shape index (κ2) is 7.51. The quantitative estimate of drug-likeness (QED) is 0.861. The molecule has 1 aliphatic heterocycles. The molecule has 1 aromatic carbocycles. The maximum Gasteiger partial charge on any atom is 0.289 e. The molecule has 1 N–H and O–H groups in total. The van der Waals surface area contributed by atoms with Crippen molar-refractivity contribution in [2.45, 2.75) is 18.9 Å². The standard InChI is InChI=1S/C18H22N2O5S/c1-24-15-5-3-13(4-6-15)16-7-8-17(25-16)18(21)20-11-9-14(10-12-20)19-26(2,22)23/h3-8,14,19H,9-12H2,1-2H3. The average Bonchev–Trinajstić information content (AvgIpc) is 3.10. The maximum absolute atomic E-state index is 12.6. The fourth-order valence-electron chi connectivity index (χ4n) is 3.02. The highest BCUT2D eigenvalue weighted by Crippen LogP contribution is 2.25. The molecule has 1 fully saturated rings. The number of hydrogen-bond donors (Lipinski definition) is 1. The average molecular weight is 378 g/mol. The zero-order chi connectivity index (χ0) is 18.7. The molecule has 1 saturated heterocycles. The van der Waals surface area contributed by atoms with Crippen LogP contribution < -0.4 is 9.46 Å². The van der Waals surface area contributed by atoms with Crippen molar-refractivity contribution in [2.75, 3.05) is 26.5 Å². The second-order valence-corrected chi connectivity index (χ2v) is 8.13. The van der Waals surface area contributed by atoms with E-state index in [1.165, 1.54) is 0 Å². The molecule has 1 amide bonds. The van der Waals surface area contributed by atoms with Gasteiger partial charge in [0.2, 0.25) is 10.0 Å². The molecule has 0 saturated carbocycles. The van der Waals surface area contributed by atoms with Gasteiger partial charge in [0.15, 0.2) is 5.76 Å². The Kier molecular flexibility index (Phi) is 5.33. The molecule has 2 heterocycles. The third kappa shape index (κ3) is 4.44. The second-order valence-electron chi connectivity index (χ2n) is 6.35. The summed E-state index contributed by atoms with van der Waals surface area (Å²) < 4.78 is 36.0. The van der Waals surface area contributed by atoms with Crippen LogP contribution in [0.25, 0.3) is 11.3 Å². The van der Waals surface area contributed by atoms with Crippen LogP contribution in [0.15, 0.2) is 40.8 Å². The zero-order valence-corrected chi connectivity index (χ0v) is 15.6. The summed E-state index contributed by atoms with van der Waals surface area (Å²) in [5.74, 6) is 1.47. The van der Waals surface area contributed by atoms with Crippen LogP contribution in [0.5, 0.6) is 5.75 Å². The number of ether oxygens (including phenoxy) is 1. The predicted molar refractivity (Wildman–Crippen MR) is 97.6 cm³/mol. The minimum atomic E-state index is -3.23. The Morgan fingerprint density at radius 2 is 1.81 bits per heavy atom. The molecule has 8 heteroatoms. The highest BCUT2D eigenvalue weighted by molar-refractivity contribution is 7.88. The fourth-order valence-corrected chi connectivity index (χ4v) is 3.86. The molecule has 140 valence electrons. The highest BCUT2D eigenvalue weighted by Gasteiger charge is 2.26. The summed E-state index contributed by atoms with van der Waals surface area (Å²) in [6.45, 7) is 0.981. The molecule has 3 rings (SSSR count). The molecule has 7 nitrogen and oxygen atoms in total. The van der Waals surface area contributed by atoms with Gasteiger partial charge in [-0.05, 0) is 49.2 Å². The molecule has 0 bridgehead atoms. The van der Waals surface area contributed by atoms with Crippen LogP contribution in [-0.2, 0) is 10.0 Å². The topological polar surface area (TPSA) is 88.9 Å². The number of methoxy groups -OCH3 is 1. The van der Waals surface area contributed by atoms with Gasteiger partial charge in [0.05, 0.1) is 13.4 Å². The van der Waals surface area contributed by atoms with E-state index in [0.717, 1.165) is 17.6 Å². The number of rotatable bonds is 5. The normalized spacial score (nSPS) is 15.8. The van der Waals surface area contributed by atoms with Crippen LogP contribution in [0.1, 0.15) is 23.4 Å². The molecule has 0 radical (unpaired) electrons. The molecule has 1 aromatic heterocycles. The van der Waals surface area contributed by atoms with Gasteiger partial charge in [-0.1, -0.05) is 0 Å². The summed E-state index contributed by atoms with van der Waals surface area (Å²) in [4.78, 5) is 14.3. The number of carbonyl (C=O) groups excluding carboxylic acids is 1. The molecule has 2 aromatic rings. The molecule has 0 unspecified atom stereocenters. The van der Waals surface area contributed by atoms with Crippen molar-refractivity contribution < 1.29 is 22.4 Å². The van der Waals surface area contributed by atoms with Crippen LogP contribution in [-0.4, -0.2) is 51.7 Å². The lowest BCUT2D eigenvalue weighted by Gasteiger charge is -2.31. The number of piperidine rings is 1. The Bertz CT molecular complexity index is 865. The minimum absolute atomic E-state index is 0.125. The Hall–Kier alpha value is -2.32. The number of hydrogen-bond acceptors (Lipinski definition) is 5. The molecular formula is C18H22N2O5S. The Morgan fingerprint density at radius 1 is 1.15 bits per heavy atom. The van der Waals surface area contributed by atoms with Crippen molar-refractivity contribution in [3.05, 3.63) is 42.2 Å². The van der Waals surface area contributed by atoms with Crippen molar-refractivity contribution in [2.24, 2.45) is 0 Å². The number of nitrogens with one attached hydrogen (secondary N) is 1. The number of benzene rings is 1. The molecular weight excluding hydrogens is 356 g/mol. The Labute approximate surface area is 153 Å². The van der Waals surface area contributed by atoms with E-state index in [4.69, 9.17) is 9.15 Å². The lowest BCUT2D eigenvalue weighted by Crippen LogP contribution is -2.46. The first-order chi connectivity index (χ1) is 12.4. The molecule has 26 heavy (non-hydrogen) atoms. The van der Waals surface area contributed by atoms with E-state index in [1.807, 2.05) is 24.3 Å². The van der Waals surface area contributed by atoms with E-state index < -0.39 is 10.0 Å². The van der Waals surface area contributed by atoms with Crippen LogP contribution in [0, 0.1) is 0 Å². The maximum atomic E-state index is 12.6. The van der Waals surface area contributed by atoms with Crippen LogP contribution in [0.2, 0.25) is 0 Å². The number of sulfonamides is 1. The van der Waals surface area contributed by atoms with Crippen molar-refractivity contribution in [3.63, 3.8) is 0 Å². The molecule has 0 aliphatic carbocycles. The first-order valence-corrected chi connectivity index (χ1v) is 10.3. The van der Waals surface area contributed by atoms with E-state index in [2.05, 4.69) is 4.72 Å². The number of amides is 1. The van der Waals surface area contributed by atoms with E-state index in [9.17, 15) is 13.2 Å². The number of furan rings is 1. The summed E-state index contributed by atoms with van der Waals surface area (Å²) in [6.07, 6.45) is 2.32. The van der Waals surface area contributed by atoms with E-state index in [0.29, 0.717) is 31.7 Å². The van der Waals surface area contributed by atoms with Gasteiger partial charge in [-0.3, -0.25) is 4.79 Å². The van der Waals surface area contributed by atoms with Gasteiger partial charge in [0, 0.05) is 24.7 Å². The van der Waals surface area contributed by atoms with Crippen molar-refractivity contribution in [1.82, 2.24) is 9.62 Å². The lowest BCUT2D eigenvalue weighted by molar-refractivity contribution is 0.0680. The summed E-state index contributed by atoms with van der Waals surface area (Å²) in [5.41, 5.74) is 0.862. The van der Waals surface area contributed by atoms with E-state index >= 15 is 0 Å². The Morgan fingerprint density at radius 3 is 2.38 bits per heavy atom. The third-order valence-electron chi connectivity index (χ3n) is 4.35. The number of nitrogens with zero attached hydrogens (tertiary/aromatic N) is 1. The number of carbonyl (C=O) groups is 1. The first kappa shape index (κ1) is 18.5. The molecule has 0 atom stereocenters. The summed E-state index contributed by atoms with van der Waals surface area (Å²) >= 11 is 0. The minimum Gasteiger partial charge on any atom is -0.497 e. The number of likely N-dealkylation sites (tertiary alicyclic amines) is 1. The highest BCUT2D eigenvalue weighted by atomic mass is 32.2. The van der Waals surface area contributed by atoms with Gasteiger partial charge in [0.25, 0.3) is 5.91 Å². The summed E-state index contributed by atoms with van der Waals surface area (Å²) in [5, 5.41) is 0. The smallest absolute Gasteiger partial charge is 0.289 e. The third-order valence-corrected chi connectivity index (χ3v) is 5.12. The summed E-state index contributed by atoms with van der Waals surface area (Å²) in [6, 6.07) is 10.7. The van der Waals surface area contributed by atoms with E-state index in [-0.39, 0.29) is 17.7 Å². The van der Waals surface area contributed by atoms with Crippen molar-refractivity contribution in [1.29, 1.82) is 0 Å². The monoisotopic (exact) mass is 378 g/mol. The van der Waals surface area contributed by atoms with Crippen LogP contribution >= 0.6 is 0 Å². The van der Waals surface area contributed by atoms with Crippen molar-refractivity contribution in [3.8, 4) is 17.1 Å². The summed E-state index contributed by atoms with van der Waals surface area (Å²) in [7, 11) is -1.62. The van der Waals surface area contributed by atoms with E-state index in [1.54, 1.807) is 24.1 Å². The molecule has 0 spiro atoms. The van der Waals surface area contributed by atoms with Gasteiger partial charge in [-0.2, -0.15) is 0 Å². The first-order valence-electron chi connectivity index (χ1n) is 8.36. The Balaban J connectivity index is 1.63. The molecule has 1 aliphatic rings. The van der Waals surface area contributed by atoms with Gasteiger partial charge >= 0.3 is 0 Å². The van der Waals surface area contributed by atoms with Crippen molar-refractivity contribution >= 4 is 15.9 Å². The largest absolute Gasteiger partial charge is 0.497 e. The fraction of sp³-hybridized carbons (Fsp3) is 0.389. The zero-order valence-electron chi connectivity index (χ0n) is 14.8. The van der Waals surface area contributed by atoms with Crippen LogP contribution in [0.4, 0.5) is 0 Å².